The summed E-state index contributed by atoms with van der Waals surface area (Å²) >= 11 is 0. The Kier molecular flexibility index (Phi) is 6.69. The second kappa shape index (κ2) is 10.0. The van der Waals surface area contributed by atoms with Crippen molar-refractivity contribution in [1.29, 1.82) is 0 Å². The van der Waals surface area contributed by atoms with E-state index in [1.807, 2.05) is 0 Å². The molecule has 0 aliphatic rings. The highest BCUT2D eigenvalue weighted by atomic mass is 19.2. The molecule has 202 valence electrons. The van der Waals surface area contributed by atoms with Gasteiger partial charge in [0.15, 0.2) is 46.5 Å². The van der Waals surface area contributed by atoms with Crippen molar-refractivity contribution in [3.8, 4) is 45.0 Å². The first kappa shape index (κ1) is 26.7. The molecular formula is C26H8F10N4. The maximum absolute atomic E-state index is 14.1. The fraction of sp³-hybridized carbons (Fsp3) is 0. The van der Waals surface area contributed by atoms with Crippen LogP contribution in [-0.4, -0.2) is 20.4 Å². The second-order valence-corrected chi connectivity index (χ2v) is 8.09. The molecule has 1 aromatic heterocycles. The van der Waals surface area contributed by atoms with Gasteiger partial charge in [0.05, 0.1) is 11.1 Å². The molecule has 40 heavy (non-hydrogen) atoms. The monoisotopic (exact) mass is 566 g/mol. The number of rotatable bonds is 4. The average molecular weight is 566 g/mol. The third-order valence-electron chi connectivity index (χ3n) is 5.76. The van der Waals surface area contributed by atoms with Gasteiger partial charge in [0.2, 0.25) is 23.3 Å². The first-order valence-corrected chi connectivity index (χ1v) is 10.8. The fourth-order valence-corrected chi connectivity index (χ4v) is 3.75. The van der Waals surface area contributed by atoms with Crippen molar-refractivity contribution in [2.45, 2.75) is 0 Å². The number of hydrogen-bond acceptors (Lipinski definition) is 4. The Hall–Kier alpha value is -4.88. The van der Waals surface area contributed by atoms with Crippen molar-refractivity contribution >= 4 is 0 Å². The van der Waals surface area contributed by atoms with Gasteiger partial charge < -0.3 is 0 Å². The lowest BCUT2D eigenvalue weighted by molar-refractivity contribution is 0.381. The summed E-state index contributed by atoms with van der Waals surface area (Å²) in [6.07, 6.45) is 0. The molecule has 5 aromatic rings. The minimum absolute atomic E-state index is 0.0919. The van der Waals surface area contributed by atoms with Crippen molar-refractivity contribution in [1.82, 2.24) is 20.4 Å². The van der Waals surface area contributed by atoms with Crippen LogP contribution in [0.3, 0.4) is 0 Å². The highest BCUT2D eigenvalue weighted by molar-refractivity contribution is 5.70. The van der Waals surface area contributed by atoms with E-state index < -0.39 is 69.3 Å². The van der Waals surface area contributed by atoms with E-state index in [9.17, 15) is 43.9 Å². The van der Waals surface area contributed by atoms with E-state index in [0.29, 0.717) is 0 Å². The van der Waals surface area contributed by atoms with E-state index in [1.165, 1.54) is 24.3 Å². The molecule has 0 radical (unpaired) electrons. The van der Waals surface area contributed by atoms with E-state index in [4.69, 9.17) is 0 Å². The zero-order valence-electron chi connectivity index (χ0n) is 19.2. The minimum atomic E-state index is -2.28. The quantitative estimate of drug-likeness (QED) is 0.130. The topological polar surface area (TPSA) is 51.6 Å². The average Bonchev–Trinajstić information content (AvgIpc) is 2.98. The Labute approximate surface area is 216 Å². The summed E-state index contributed by atoms with van der Waals surface area (Å²) in [4.78, 5) is 0. The summed E-state index contributed by atoms with van der Waals surface area (Å²) in [7, 11) is 0. The molecule has 0 fully saturated rings. The van der Waals surface area contributed by atoms with Crippen molar-refractivity contribution in [3.05, 3.63) is 107 Å². The highest BCUT2D eigenvalue weighted by Crippen LogP contribution is 2.34. The van der Waals surface area contributed by atoms with Gasteiger partial charge in [0, 0.05) is 11.1 Å². The van der Waals surface area contributed by atoms with Crippen molar-refractivity contribution < 1.29 is 43.9 Å². The molecule has 0 spiro atoms. The maximum atomic E-state index is 14.1. The van der Waals surface area contributed by atoms with Gasteiger partial charge in [-0.25, -0.2) is 43.9 Å². The Bertz CT molecular complexity index is 1590. The third kappa shape index (κ3) is 4.30. The molecule has 4 nitrogen and oxygen atoms in total. The standard InChI is InChI=1S/C26H8F10N4/c27-15-13(16(28)20(32)23(35)19(15)31)9-1-5-11(6-2-9)25-37-39-26(40-38-25)12-7-3-10(4-8-12)14-17(29)21(33)24(36)22(34)18(14)30/h1-8H. The summed E-state index contributed by atoms with van der Waals surface area (Å²) in [6, 6.07) is 9.20. The van der Waals surface area contributed by atoms with Crippen molar-refractivity contribution in [2.75, 3.05) is 0 Å². The molecule has 0 amide bonds. The summed E-state index contributed by atoms with van der Waals surface area (Å²) in [5.41, 5.74) is -2.46. The van der Waals surface area contributed by atoms with Gasteiger partial charge in [-0.15, -0.1) is 20.4 Å². The van der Waals surface area contributed by atoms with Gasteiger partial charge in [-0.1, -0.05) is 48.5 Å². The van der Waals surface area contributed by atoms with Crippen LogP contribution in [0.1, 0.15) is 0 Å². The zero-order valence-corrected chi connectivity index (χ0v) is 19.2. The van der Waals surface area contributed by atoms with Gasteiger partial charge in [0.1, 0.15) is 0 Å². The zero-order chi connectivity index (χ0) is 28.9. The SMILES string of the molecule is Fc1c(F)c(F)c(-c2ccc(-c3nnc(-c4ccc(-c5c(F)c(F)c(F)c(F)c5F)cc4)nn3)cc2)c(F)c1F. The number of benzene rings is 4. The molecule has 0 bridgehead atoms. The van der Waals surface area contributed by atoms with Crippen molar-refractivity contribution in [3.63, 3.8) is 0 Å². The van der Waals surface area contributed by atoms with Crippen LogP contribution in [0.15, 0.2) is 48.5 Å². The molecule has 0 atom stereocenters. The minimum Gasteiger partial charge on any atom is -0.203 e. The van der Waals surface area contributed by atoms with Crippen LogP contribution in [0.5, 0.6) is 0 Å². The second-order valence-electron chi connectivity index (χ2n) is 8.09. The predicted molar refractivity (Wildman–Crippen MR) is 119 cm³/mol. The van der Waals surface area contributed by atoms with Crippen LogP contribution < -0.4 is 0 Å². The van der Waals surface area contributed by atoms with Gasteiger partial charge in [-0.05, 0) is 11.1 Å². The van der Waals surface area contributed by atoms with E-state index >= 15 is 0 Å². The van der Waals surface area contributed by atoms with E-state index in [-0.39, 0.29) is 33.9 Å². The molecule has 0 unspecified atom stereocenters. The largest absolute Gasteiger partial charge is 0.203 e. The molecule has 0 saturated heterocycles. The molecule has 14 heteroatoms. The van der Waals surface area contributed by atoms with E-state index in [1.54, 1.807) is 0 Å². The normalized spacial score (nSPS) is 11.2. The number of aromatic nitrogens is 4. The molecule has 0 saturated carbocycles. The molecule has 0 N–H and O–H groups in total. The molecule has 0 aliphatic carbocycles. The number of nitrogens with zero attached hydrogens (tertiary/aromatic N) is 4. The van der Waals surface area contributed by atoms with Gasteiger partial charge in [-0.3, -0.25) is 0 Å². The number of halogens is 10. The first-order valence-electron chi connectivity index (χ1n) is 10.8. The van der Waals surface area contributed by atoms with Gasteiger partial charge in [0.25, 0.3) is 0 Å². The molecule has 0 aliphatic heterocycles. The molecular weight excluding hydrogens is 558 g/mol. The predicted octanol–water partition coefficient (Wildman–Crippen LogP) is 7.33. The van der Waals surface area contributed by atoms with Crippen LogP contribution in [0.4, 0.5) is 43.9 Å². The highest BCUT2D eigenvalue weighted by Gasteiger charge is 2.28. The lowest BCUT2D eigenvalue weighted by Gasteiger charge is -2.09. The van der Waals surface area contributed by atoms with Gasteiger partial charge in [-0.2, -0.15) is 0 Å². The van der Waals surface area contributed by atoms with Gasteiger partial charge >= 0.3 is 0 Å². The maximum Gasteiger partial charge on any atom is 0.203 e. The lowest BCUT2D eigenvalue weighted by atomic mass is 10.0. The first-order chi connectivity index (χ1) is 19.0. The van der Waals surface area contributed by atoms with E-state index in [2.05, 4.69) is 20.4 Å². The number of hydrogen-bond donors (Lipinski definition) is 0. The summed E-state index contributed by atoms with van der Waals surface area (Å²) in [5, 5.41) is 15.4. The van der Waals surface area contributed by atoms with Crippen LogP contribution in [0.2, 0.25) is 0 Å². The van der Waals surface area contributed by atoms with Crippen LogP contribution in [0.25, 0.3) is 45.0 Å². The molecule has 5 rings (SSSR count). The summed E-state index contributed by atoms with van der Waals surface area (Å²) < 4.78 is 137. The summed E-state index contributed by atoms with van der Waals surface area (Å²) in [6.45, 7) is 0. The molecule has 1 heterocycles. The van der Waals surface area contributed by atoms with Crippen LogP contribution in [0, 0.1) is 58.2 Å². The lowest BCUT2D eigenvalue weighted by Crippen LogP contribution is -2.04. The van der Waals surface area contributed by atoms with Crippen molar-refractivity contribution in [2.24, 2.45) is 0 Å². The third-order valence-corrected chi connectivity index (χ3v) is 5.76. The Morgan fingerprint density at radius 1 is 0.275 bits per heavy atom. The van der Waals surface area contributed by atoms with E-state index in [0.717, 1.165) is 24.3 Å². The fourth-order valence-electron chi connectivity index (χ4n) is 3.75. The Balaban J connectivity index is 1.41. The molecule has 4 aromatic carbocycles. The summed E-state index contributed by atoms with van der Waals surface area (Å²) in [5.74, 6) is -21.1. The van der Waals surface area contributed by atoms with Crippen LogP contribution >= 0.6 is 0 Å². The Morgan fingerprint density at radius 3 is 0.725 bits per heavy atom. The Morgan fingerprint density at radius 2 is 0.475 bits per heavy atom. The van der Waals surface area contributed by atoms with Crippen LogP contribution in [-0.2, 0) is 0 Å². The smallest absolute Gasteiger partial charge is 0.203 e.